The average molecular weight is 316 g/mol. The zero-order chi connectivity index (χ0) is 15.9. The van der Waals surface area contributed by atoms with Crippen LogP contribution in [0.5, 0.6) is 0 Å². The van der Waals surface area contributed by atoms with Crippen LogP contribution >= 0.6 is 0 Å². The Labute approximate surface area is 138 Å². The van der Waals surface area contributed by atoms with Crippen molar-refractivity contribution in [2.75, 3.05) is 24.5 Å². The maximum atomic E-state index is 12.0. The molecule has 5 nitrogen and oxygen atoms in total. The van der Waals surface area contributed by atoms with Gasteiger partial charge in [-0.05, 0) is 43.7 Å². The molecule has 3 rings (SSSR count). The lowest BCUT2D eigenvalue weighted by Gasteiger charge is -2.33. The van der Waals surface area contributed by atoms with E-state index in [1.54, 1.807) is 0 Å². The van der Waals surface area contributed by atoms with Crippen LogP contribution in [0.3, 0.4) is 0 Å². The Balaban J connectivity index is 1.35. The number of nitrogens with one attached hydrogen (secondary N) is 2. The van der Waals surface area contributed by atoms with Crippen LogP contribution in [0.15, 0.2) is 24.5 Å². The van der Waals surface area contributed by atoms with Gasteiger partial charge < -0.3 is 15.5 Å². The van der Waals surface area contributed by atoms with Crippen molar-refractivity contribution in [3.05, 3.63) is 24.5 Å². The third kappa shape index (κ3) is 4.85. The molecule has 0 bridgehead atoms. The molecule has 1 aliphatic heterocycles. The molecule has 0 aromatic carbocycles. The molecule has 126 valence electrons. The number of rotatable bonds is 4. The summed E-state index contributed by atoms with van der Waals surface area (Å²) in [5, 5.41) is 6.20. The fourth-order valence-electron chi connectivity index (χ4n) is 3.66. The number of nitrogens with zero attached hydrogens (tertiary/aromatic N) is 2. The van der Waals surface area contributed by atoms with Crippen molar-refractivity contribution >= 4 is 11.7 Å². The fourth-order valence-corrected chi connectivity index (χ4v) is 3.66. The minimum absolute atomic E-state index is 0.0200. The van der Waals surface area contributed by atoms with Gasteiger partial charge in [-0.15, -0.1) is 0 Å². The highest BCUT2D eigenvalue weighted by molar-refractivity contribution is 5.74. The Hall–Kier alpha value is -1.78. The minimum Gasteiger partial charge on any atom is -0.370 e. The van der Waals surface area contributed by atoms with Crippen molar-refractivity contribution in [3.63, 3.8) is 0 Å². The molecular weight excluding hydrogens is 288 g/mol. The number of piperidine rings is 1. The van der Waals surface area contributed by atoms with Gasteiger partial charge in [0, 0.05) is 31.9 Å². The largest absolute Gasteiger partial charge is 0.370 e. The van der Waals surface area contributed by atoms with E-state index in [9.17, 15) is 4.79 Å². The third-order valence-corrected chi connectivity index (χ3v) is 5.12. The smallest absolute Gasteiger partial charge is 0.315 e. The predicted octanol–water partition coefficient (Wildman–Crippen LogP) is 2.93. The summed E-state index contributed by atoms with van der Waals surface area (Å²) >= 11 is 0. The summed E-state index contributed by atoms with van der Waals surface area (Å²) in [7, 11) is 0. The third-order valence-electron chi connectivity index (χ3n) is 5.12. The summed E-state index contributed by atoms with van der Waals surface area (Å²) in [6.07, 6.45) is 12.1. The number of carbonyl (C=O) groups is 1. The molecule has 1 aliphatic carbocycles. The summed E-state index contributed by atoms with van der Waals surface area (Å²) < 4.78 is 0. The first-order valence-corrected chi connectivity index (χ1v) is 9.00. The van der Waals surface area contributed by atoms with Gasteiger partial charge in [-0.1, -0.05) is 19.3 Å². The lowest BCUT2D eigenvalue weighted by atomic mass is 9.95. The molecule has 0 atom stereocenters. The lowest BCUT2D eigenvalue weighted by molar-refractivity contribution is 0.229. The van der Waals surface area contributed by atoms with Crippen molar-refractivity contribution in [2.24, 2.45) is 5.92 Å². The Morgan fingerprint density at radius 3 is 2.65 bits per heavy atom. The molecule has 0 spiro atoms. The molecule has 2 heterocycles. The summed E-state index contributed by atoms with van der Waals surface area (Å²) in [4.78, 5) is 18.6. The van der Waals surface area contributed by atoms with Gasteiger partial charge in [0.2, 0.25) is 0 Å². The van der Waals surface area contributed by atoms with Crippen LogP contribution in [-0.4, -0.2) is 36.7 Å². The molecule has 1 aromatic rings. The van der Waals surface area contributed by atoms with Crippen molar-refractivity contribution in [2.45, 2.75) is 51.0 Å². The van der Waals surface area contributed by atoms with E-state index in [2.05, 4.69) is 26.6 Å². The number of anilines is 1. The van der Waals surface area contributed by atoms with E-state index in [0.29, 0.717) is 12.0 Å². The second-order valence-corrected chi connectivity index (χ2v) is 6.83. The van der Waals surface area contributed by atoms with Gasteiger partial charge in [0.05, 0.1) is 11.9 Å². The highest BCUT2D eigenvalue weighted by atomic mass is 16.2. The van der Waals surface area contributed by atoms with E-state index in [1.165, 1.54) is 24.9 Å². The summed E-state index contributed by atoms with van der Waals surface area (Å²) in [6.45, 7) is 2.88. The number of amides is 2. The molecule has 1 saturated heterocycles. The number of carbonyl (C=O) groups excluding carboxylic acids is 1. The van der Waals surface area contributed by atoms with Gasteiger partial charge in [-0.25, -0.2) is 4.79 Å². The second kappa shape index (κ2) is 8.18. The SMILES string of the molecule is O=C(NCC1CCN(c2cccnc2)CC1)NC1CCCCC1. The standard InChI is InChI=1S/C18H28N4O/c23-18(21-16-5-2-1-3-6-16)20-13-15-8-11-22(12-9-15)17-7-4-10-19-14-17/h4,7,10,14-16H,1-3,5-6,8-9,11-13H2,(H2,20,21,23). The van der Waals surface area contributed by atoms with Gasteiger partial charge in [0.15, 0.2) is 0 Å². The van der Waals surface area contributed by atoms with Crippen LogP contribution in [0.25, 0.3) is 0 Å². The first-order valence-electron chi connectivity index (χ1n) is 9.00. The molecule has 2 amide bonds. The number of urea groups is 1. The van der Waals surface area contributed by atoms with Gasteiger partial charge in [-0.2, -0.15) is 0 Å². The van der Waals surface area contributed by atoms with Crippen LogP contribution in [0.1, 0.15) is 44.9 Å². The topological polar surface area (TPSA) is 57.3 Å². The van der Waals surface area contributed by atoms with Crippen LogP contribution in [0.2, 0.25) is 0 Å². The summed E-state index contributed by atoms with van der Waals surface area (Å²) in [6, 6.07) is 4.50. The molecule has 0 unspecified atom stereocenters. The zero-order valence-electron chi connectivity index (χ0n) is 13.8. The van der Waals surface area contributed by atoms with Gasteiger partial charge in [-0.3, -0.25) is 4.98 Å². The maximum Gasteiger partial charge on any atom is 0.315 e. The first-order chi connectivity index (χ1) is 11.3. The first kappa shape index (κ1) is 16.1. The average Bonchev–Trinajstić information content (AvgIpc) is 2.62. The quantitative estimate of drug-likeness (QED) is 0.898. The zero-order valence-corrected chi connectivity index (χ0v) is 13.8. The second-order valence-electron chi connectivity index (χ2n) is 6.83. The van der Waals surface area contributed by atoms with Crippen LogP contribution in [0, 0.1) is 5.92 Å². The maximum absolute atomic E-state index is 12.0. The van der Waals surface area contributed by atoms with Crippen molar-refractivity contribution < 1.29 is 4.79 Å². The van der Waals surface area contributed by atoms with Gasteiger partial charge >= 0.3 is 6.03 Å². The number of pyridine rings is 1. The Morgan fingerprint density at radius 1 is 1.17 bits per heavy atom. The molecule has 2 aliphatic rings. The Kier molecular flexibility index (Phi) is 5.72. The van der Waals surface area contributed by atoms with E-state index in [1.807, 2.05) is 18.5 Å². The molecule has 5 heteroatoms. The Morgan fingerprint density at radius 2 is 1.96 bits per heavy atom. The van der Waals surface area contributed by atoms with E-state index >= 15 is 0 Å². The van der Waals surface area contributed by atoms with Crippen LogP contribution < -0.4 is 15.5 Å². The summed E-state index contributed by atoms with van der Waals surface area (Å²) in [5.74, 6) is 0.583. The van der Waals surface area contributed by atoms with E-state index < -0.39 is 0 Å². The van der Waals surface area contributed by atoms with E-state index in [4.69, 9.17) is 0 Å². The van der Waals surface area contributed by atoms with Gasteiger partial charge in [0.1, 0.15) is 0 Å². The fraction of sp³-hybridized carbons (Fsp3) is 0.667. The van der Waals surface area contributed by atoms with Crippen molar-refractivity contribution in [3.8, 4) is 0 Å². The molecule has 2 N–H and O–H groups in total. The number of hydrogen-bond acceptors (Lipinski definition) is 3. The molecule has 1 aromatic heterocycles. The molecule has 0 radical (unpaired) electrons. The monoisotopic (exact) mass is 316 g/mol. The Bertz CT molecular complexity index is 479. The highest BCUT2D eigenvalue weighted by Crippen LogP contribution is 2.22. The molecule has 2 fully saturated rings. The van der Waals surface area contributed by atoms with Gasteiger partial charge in [0.25, 0.3) is 0 Å². The number of hydrogen-bond donors (Lipinski definition) is 2. The number of aromatic nitrogens is 1. The van der Waals surface area contributed by atoms with E-state index in [0.717, 1.165) is 45.3 Å². The van der Waals surface area contributed by atoms with E-state index in [-0.39, 0.29) is 6.03 Å². The minimum atomic E-state index is 0.0200. The lowest BCUT2D eigenvalue weighted by Crippen LogP contribution is -2.45. The molecule has 1 saturated carbocycles. The predicted molar refractivity (Wildman–Crippen MR) is 92.6 cm³/mol. The molecule has 23 heavy (non-hydrogen) atoms. The van der Waals surface area contributed by atoms with Crippen molar-refractivity contribution in [1.29, 1.82) is 0 Å². The summed E-state index contributed by atoms with van der Waals surface area (Å²) in [5.41, 5.74) is 1.20. The van der Waals surface area contributed by atoms with Crippen LogP contribution in [-0.2, 0) is 0 Å². The normalized spacial score (nSPS) is 20.3. The van der Waals surface area contributed by atoms with Crippen molar-refractivity contribution in [1.82, 2.24) is 15.6 Å². The van der Waals surface area contributed by atoms with Crippen LogP contribution in [0.4, 0.5) is 10.5 Å². The molecular formula is C18H28N4O. The highest BCUT2D eigenvalue weighted by Gasteiger charge is 2.21.